The van der Waals surface area contributed by atoms with Gasteiger partial charge in [0.2, 0.25) is 0 Å². The fourth-order valence-corrected chi connectivity index (χ4v) is 8.63. The van der Waals surface area contributed by atoms with Crippen LogP contribution in [0.4, 0.5) is 0 Å². The molecule has 0 N–H and O–H groups in total. The van der Waals surface area contributed by atoms with Crippen LogP contribution in [0, 0.1) is 0 Å². The Morgan fingerprint density at radius 3 is 1.68 bits per heavy atom. The first-order valence-corrected chi connectivity index (χ1v) is 19.1. The highest BCUT2D eigenvalue weighted by atomic mass is 16.3. The van der Waals surface area contributed by atoms with Crippen LogP contribution in [0.15, 0.2) is 192 Å². The third-order valence-corrected chi connectivity index (χ3v) is 11.2. The number of para-hydroxylation sites is 4. The lowest BCUT2D eigenvalue weighted by Crippen LogP contribution is -2.01. The lowest BCUT2D eigenvalue weighted by molar-refractivity contribution is 0.669. The fraction of sp³-hybridized carbons (Fsp3) is 0. The summed E-state index contributed by atoms with van der Waals surface area (Å²) in [5.41, 5.74) is 11.1. The molecule has 266 valence electrons. The molecule has 0 bridgehead atoms. The second kappa shape index (κ2) is 12.3. The van der Waals surface area contributed by atoms with Gasteiger partial charge in [0.15, 0.2) is 17.5 Å². The van der Waals surface area contributed by atoms with E-state index in [1.165, 1.54) is 32.6 Å². The predicted octanol–water partition coefficient (Wildman–Crippen LogP) is 13.0. The third kappa shape index (κ3) is 4.87. The molecule has 0 fully saturated rings. The zero-order valence-electron chi connectivity index (χ0n) is 30.5. The van der Waals surface area contributed by atoms with Crippen LogP contribution in [0.1, 0.15) is 0 Å². The van der Waals surface area contributed by atoms with Crippen molar-refractivity contribution in [2.24, 2.45) is 0 Å². The van der Waals surface area contributed by atoms with Crippen molar-refractivity contribution in [2.75, 3.05) is 0 Å². The summed E-state index contributed by atoms with van der Waals surface area (Å²) in [5.74, 6) is 1.79. The first kappa shape index (κ1) is 31.5. The van der Waals surface area contributed by atoms with Gasteiger partial charge < -0.3 is 13.6 Å². The summed E-state index contributed by atoms with van der Waals surface area (Å²) < 4.78 is 11.1. The number of fused-ring (bicyclic) bond motifs is 10. The average molecular weight is 730 g/mol. The summed E-state index contributed by atoms with van der Waals surface area (Å²) >= 11 is 0. The highest BCUT2D eigenvalue weighted by Gasteiger charge is 2.21. The number of hydrogen-bond acceptors (Lipinski definition) is 4. The van der Waals surface area contributed by atoms with E-state index >= 15 is 0 Å². The first-order chi connectivity index (χ1) is 28.3. The molecule has 0 amide bonds. The van der Waals surface area contributed by atoms with E-state index < -0.39 is 0 Å². The molecule has 4 heterocycles. The van der Waals surface area contributed by atoms with E-state index in [4.69, 9.17) is 19.4 Å². The zero-order chi connectivity index (χ0) is 37.5. The second-order valence-corrected chi connectivity index (χ2v) is 14.4. The highest BCUT2D eigenvalue weighted by molar-refractivity contribution is 6.26. The maximum atomic E-state index is 6.27. The molecule has 0 saturated carbocycles. The highest BCUT2D eigenvalue weighted by Crippen LogP contribution is 2.42. The van der Waals surface area contributed by atoms with Gasteiger partial charge in [0.1, 0.15) is 11.2 Å². The summed E-state index contributed by atoms with van der Waals surface area (Å²) in [6.45, 7) is 0. The second-order valence-electron chi connectivity index (χ2n) is 14.4. The van der Waals surface area contributed by atoms with E-state index in [9.17, 15) is 0 Å². The van der Waals surface area contributed by atoms with E-state index in [2.05, 4.69) is 143 Å². The molecule has 0 spiro atoms. The van der Waals surface area contributed by atoms with Crippen LogP contribution in [0.2, 0.25) is 0 Å². The molecule has 0 radical (unpaired) electrons. The monoisotopic (exact) mass is 729 g/mol. The van der Waals surface area contributed by atoms with Crippen molar-refractivity contribution in [1.82, 2.24) is 24.1 Å². The van der Waals surface area contributed by atoms with Gasteiger partial charge in [-0.2, -0.15) is 0 Å². The Morgan fingerprint density at radius 1 is 0.333 bits per heavy atom. The number of hydrogen-bond donors (Lipinski definition) is 0. The van der Waals surface area contributed by atoms with Crippen molar-refractivity contribution >= 4 is 65.6 Å². The summed E-state index contributed by atoms with van der Waals surface area (Å²) in [7, 11) is 0. The maximum absolute atomic E-state index is 6.27. The van der Waals surface area contributed by atoms with Crippen molar-refractivity contribution < 1.29 is 4.42 Å². The first-order valence-electron chi connectivity index (χ1n) is 19.1. The molecular formula is C51H31N5O. The molecule has 0 unspecified atom stereocenters. The van der Waals surface area contributed by atoms with Crippen LogP contribution in [-0.4, -0.2) is 24.1 Å². The van der Waals surface area contributed by atoms with E-state index in [0.717, 1.165) is 61.0 Å². The van der Waals surface area contributed by atoms with Gasteiger partial charge in [0.25, 0.3) is 0 Å². The predicted molar refractivity (Wildman–Crippen MR) is 232 cm³/mol. The van der Waals surface area contributed by atoms with Crippen LogP contribution in [-0.2, 0) is 0 Å². The summed E-state index contributed by atoms with van der Waals surface area (Å²) in [4.78, 5) is 15.3. The fourth-order valence-electron chi connectivity index (χ4n) is 8.63. The van der Waals surface area contributed by atoms with Gasteiger partial charge in [0.05, 0.1) is 22.1 Å². The minimum atomic E-state index is 0.583. The van der Waals surface area contributed by atoms with Crippen molar-refractivity contribution in [3.8, 4) is 45.5 Å². The van der Waals surface area contributed by atoms with Crippen LogP contribution in [0.3, 0.4) is 0 Å². The van der Waals surface area contributed by atoms with E-state index in [1.807, 2.05) is 54.6 Å². The Kier molecular flexibility index (Phi) is 6.83. The molecule has 4 aromatic heterocycles. The standard InChI is InChI=1S/C51H31N5O/c1-3-14-32(15-4-1)49-52-50(54-51(53-49)34-26-27-39-38-21-9-12-25-45(38)57-46(39)31-34)33-16-13-19-36(30-33)55-43-24-11-8-22-41(43)47-44(55)29-28-40-37-20-7-10-23-42(37)56(48(40)47)35-17-5-2-6-18-35/h1-31H. The summed E-state index contributed by atoms with van der Waals surface area (Å²) in [6.07, 6.45) is 0. The Hall–Kier alpha value is -7.83. The van der Waals surface area contributed by atoms with Gasteiger partial charge in [-0.1, -0.05) is 127 Å². The normalized spacial score (nSPS) is 11.9. The lowest BCUT2D eigenvalue weighted by Gasteiger charge is -2.12. The molecule has 0 aliphatic rings. The topological polar surface area (TPSA) is 61.7 Å². The zero-order valence-corrected chi connectivity index (χ0v) is 30.5. The number of rotatable bonds is 5. The van der Waals surface area contributed by atoms with Gasteiger partial charge in [-0.3, -0.25) is 0 Å². The van der Waals surface area contributed by atoms with E-state index in [0.29, 0.717) is 17.5 Å². The largest absolute Gasteiger partial charge is 0.456 e. The van der Waals surface area contributed by atoms with Crippen LogP contribution >= 0.6 is 0 Å². The number of nitrogens with zero attached hydrogens (tertiary/aromatic N) is 5. The Bertz CT molecular complexity index is 3520. The SMILES string of the molecule is c1ccc(-c2nc(-c3cccc(-n4c5ccccc5c5c4ccc4c6ccccc6n(-c6ccccc6)c45)c3)nc(-c3ccc4c(c3)oc3ccccc34)n2)cc1. The van der Waals surface area contributed by atoms with Gasteiger partial charge in [-0.05, 0) is 60.7 Å². The molecule has 57 heavy (non-hydrogen) atoms. The van der Waals surface area contributed by atoms with Crippen LogP contribution in [0.5, 0.6) is 0 Å². The van der Waals surface area contributed by atoms with Gasteiger partial charge in [-0.25, -0.2) is 15.0 Å². The van der Waals surface area contributed by atoms with Gasteiger partial charge >= 0.3 is 0 Å². The molecule has 6 heteroatoms. The van der Waals surface area contributed by atoms with Crippen LogP contribution in [0.25, 0.3) is 111 Å². The maximum Gasteiger partial charge on any atom is 0.164 e. The third-order valence-electron chi connectivity index (χ3n) is 11.2. The minimum Gasteiger partial charge on any atom is -0.456 e. The Morgan fingerprint density at radius 2 is 0.895 bits per heavy atom. The summed E-state index contributed by atoms with van der Waals surface area (Å²) in [6, 6.07) is 65.6. The Labute approximate surface area is 326 Å². The number of benzene rings is 8. The van der Waals surface area contributed by atoms with E-state index in [1.54, 1.807) is 0 Å². The molecule has 0 aliphatic carbocycles. The van der Waals surface area contributed by atoms with Crippen molar-refractivity contribution in [1.29, 1.82) is 0 Å². The summed E-state index contributed by atoms with van der Waals surface area (Å²) in [5, 5.41) is 7.01. The molecule has 12 aromatic rings. The molecule has 8 aromatic carbocycles. The molecular weight excluding hydrogens is 699 g/mol. The van der Waals surface area contributed by atoms with E-state index in [-0.39, 0.29) is 0 Å². The number of aromatic nitrogens is 5. The van der Waals surface area contributed by atoms with Gasteiger partial charge in [0, 0.05) is 60.4 Å². The molecule has 0 aliphatic heterocycles. The van der Waals surface area contributed by atoms with Gasteiger partial charge in [-0.15, -0.1) is 0 Å². The number of furan rings is 1. The molecule has 6 nitrogen and oxygen atoms in total. The lowest BCUT2D eigenvalue weighted by atomic mass is 10.1. The molecule has 0 atom stereocenters. The molecule has 12 rings (SSSR count). The quantitative estimate of drug-likeness (QED) is 0.177. The van der Waals surface area contributed by atoms with Crippen molar-refractivity contribution in [3.05, 3.63) is 188 Å². The average Bonchev–Trinajstić information content (AvgIpc) is 3.94. The molecule has 0 saturated heterocycles. The Balaban J connectivity index is 1.08. The smallest absolute Gasteiger partial charge is 0.164 e. The van der Waals surface area contributed by atoms with Crippen molar-refractivity contribution in [2.45, 2.75) is 0 Å². The minimum absolute atomic E-state index is 0.583. The van der Waals surface area contributed by atoms with Crippen molar-refractivity contribution in [3.63, 3.8) is 0 Å². The van der Waals surface area contributed by atoms with Crippen LogP contribution < -0.4 is 0 Å².